The summed E-state index contributed by atoms with van der Waals surface area (Å²) in [6.45, 7) is 14.6. The van der Waals surface area contributed by atoms with Gasteiger partial charge in [-0.3, -0.25) is 9.58 Å². The van der Waals surface area contributed by atoms with E-state index in [2.05, 4.69) is 59.8 Å². The minimum Gasteiger partial charge on any atom is -0.355 e. The van der Waals surface area contributed by atoms with Gasteiger partial charge in [0.15, 0.2) is 0 Å². The summed E-state index contributed by atoms with van der Waals surface area (Å²) in [5.74, 6) is 2.39. The average Bonchev–Trinajstić information content (AvgIpc) is 2.91. The Morgan fingerprint density at radius 2 is 1.96 bits per heavy atom. The van der Waals surface area contributed by atoms with E-state index in [4.69, 9.17) is 4.98 Å². The molecule has 0 unspecified atom stereocenters. The first-order valence-corrected chi connectivity index (χ1v) is 9.39. The van der Waals surface area contributed by atoms with Crippen molar-refractivity contribution in [1.82, 2.24) is 24.6 Å². The highest BCUT2D eigenvalue weighted by molar-refractivity contribution is 5.40. The second-order valence-electron chi connectivity index (χ2n) is 7.20. The van der Waals surface area contributed by atoms with E-state index in [9.17, 15) is 0 Å². The fourth-order valence-electron chi connectivity index (χ4n) is 3.27. The van der Waals surface area contributed by atoms with Crippen LogP contribution in [0, 0.1) is 6.92 Å². The van der Waals surface area contributed by atoms with Crippen LogP contribution in [0.5, 0.6) is 0 Å². The van der Waals surface area contributed by atoms with Crippen molar-refractivity contribution in [2.45, 2.75) is 53.1 Å². The molecule has 1 saturated heterocycles. The van der Waals surface area contributed by atoms with E-state index in [0.717, 1.165) is 63.0 Å². The number of hydrogen-bond acceptors (Lipinski definition) is 5. The molecule has 3 rings (SSSR count). The lowest BCUT2D eigenvalue weighted by molar-refractivity contribution is 0.285. The Bertz CT molecular complexity index is 693. The second kappa shape index (κ2) is 7.95. The van der Waals surface area contributed by atoms with Crippen LogP contribution in [0.2, 0.25) is 0 Å². The molecular formula is C19H30N6. The molecule has 1 aliphatic heterocycles. The molecule has 2 aromatic heterocycles. The van der Waals surface area contributed by atoms with Gasteiger partial charge in [0, 0.05) is 68.7 Å². The Hall–Kier alpha value is -1.95. The third-order valence-corrected chi connectivity index (χ3v) is 4.70. The van der Waals surface area contributed by atoms with Crippen LogP contribution in [-0.2, 0) is 13.1 Å². The van der Waals surface area contributed by atoms with Crippen molar-refractivity contribution in [3.8, 4) is 0 Å². The van der Waals surface area contributed by atoms with Crippen molar-refractivity contribution >= 4 is 5.82 Å². The molecule has 3 heterocycles. The van der Waals surface area contributed by atoms with Gasteiger partial charge in [0.1, 0.15) is 11.6 Å². The van der Waals surface area contributed by atoms with Gasteiger partial charge in [-0.1, -0.05) is 13.8 Å². The molecule has 0 spiro atoms. The van der Waals surface area contributed by atoms with Crippen molar-refractivity contribution in [1.29, 1.82) is 0 Å². The van der Waals surface area contributed by atoms with Gasteiger partial charge in [0.25, 0.3) is 0 Å². The summed E-state index contributed by atoms with van der Waals surface area (Å²) in [5, 5.41) is 4.38. The summed E-state index contributed by atoms with van der Waals surface area (Å²) >= 11 is 0. The molecule has 6 nitrogen and oxygen atoms in total. The molecule has 1 fully saturated rings. The van der Waals surface area contributed by atoms with Crippen LogP contribution in [0.15, 0.2) is 18.5 Å². The fraction of sp³-hybridized carbons (Fsp3) is 0.632. The molecule has 136 valence electrons. The van der Waals surface area contributed by atoms with E-state index in [1.54, 1.807) is 0 Å². The van der Waals surface area contributed by atoms with Crippen molar-refractivity contribution in [2.75, 3.05) is 31.1 Å². The zero-order valence-electron chi connectivity index (χ0n) is 15.9. The van der Waals surface area contributed by atoms with Gasteiger partial charge in [-0.05, 0) is 20.3 Å². The molecule has 0 aliphatic carbocycles. The van der Waals surface area contributed by atoms with Crippen molar-refractivity contribution < 1.29 is 0 Å². The quantitative estimate of drug-likeness (QED) is 0.836. The van der Waals surface area contributed by atoms with Gasteiger partial charge in [0.2, 0.25) is 0 Å². The number of nitrogens with zero attached hydrogens (tertiary/aromatic N) is 6. The first kappa shape index (κ1) is 17.9. The Morgan fingerprint density at radius 1 is 1.12 bits per heavy atom. The summed E-state index contributed by atoms with van der Waals surface area (Å²) < 4.78 is 2.00. The van der Waals surface area contributed by atoms with Crippen LogP contribution in [0.25, 0.3) is 0 Å². The Labute approximate surface area is 150 Å². The maximum Gasteiger partial charge on any atom is 0.133 e. The second-order valence-corrected chi connectivity index (χ2v) is 7.20. The van der Waals surface area contributed by atoms with Gasteiger partial charge >= 0.3 is 0 Å². The van der Waals surface area contributed by atoms with Crippen molar-refractivity contribution in [3.63, 3.8) is 0 Å². The first-order chi connectivity index (χ1) is 12.0. The Morgan fingerprint density at radius 3 is 2.68 bits per heavy atom. The van der Waals surface area contributed by atoms with Gasteiger partial charge in [0.05, 0.1) is 6.20 Å². The van der Waals surface area contributed by atoms with E-state index in [-0.39, 0.29) is 0 Å². The smallest absolute Gasteiger partial charge is 0.133 e. The number of anilines is 1. The van der Waals surface area contributed by atoms with Gasteiger partial charge in [-0.2, -0.15) is 5.10 Å². The largest absolute Gasteiger partial charge is 0.355 e. The fourth-order valence-corrected chi connectivity index (χ4v) is 3.27. The highest BCUT2D eigenvalue weighted by Crippen LogP contribution is 2.19. The number of hydrogen-bond donors (Lipinski definition) is 0. The lowest BCUT2D eigenvalue weighted by Gasteiger charge is -2.23. The zero-order valence-corrected chi connectivity index (χ0v) is 15.9. The standard InChI is InChI=1S/C19H30N6/c1-5-25-14-17(12-20-25)13-23-7-6-8-24(10-9-23)18-11-16(4)21-19(22-18)15(2)3/h11-12,14-15H,5-10,13H2,1-4H3. The summed E-state index contributed by atoms with van der Waals surface area (Å²) in [5.41, 5.74) is 2.36. The van der Waals surface area contributed by atoms with Crippen molar-refractivity contribution in [3.05, 3.63) is 35.5 Å². The molecular weight excluding hydrogens is 312 g/mol. The minimum absolute atomic E-state index is 0.359. The van der Waals surface area contributed by atoms with Gasteiger partial charge in [-0.15, -0.1) is 0 Å². The molecule has 0 saturated carbocycles. The summed E-state index contributed by atoms with van der Waals surface area (Å²) in [7, 11) is 0. The predicted octanol–water partition coefficient (Wildman–Crippen LogP) is 2.84. The molecule has 25 heavy (non-hydrogen) atoms. The van der Waals surface area contributed by atoms with Crippen LogP contribution in [0.1, 0.15) is 50.2 Å². The SMILES string of the molecule is CCn1cc(CN2CCCN(c3cc(C)nc(C(C)C)n3)CC2)cn1. The van der Waals surface area contributed by atoms with Crippen LogP contribution in [-0.4, -0.2) is 50.8 Å². The average molecular weight is 342 g/mol. The molecule has 2 aromatic rings. The van der Waals surface area contributed by atoms with Gasteiger partial charge in [-0.25, -0.2) is 9.97 Å². The maximum atomic E-state index is 4.80. The minimum atomic E-state index is 0.359. The third kappa shape index (κ3) is 4.57. The predicted molar refractivity (Wildman–Crippen MR) is 101 cm³/mol. The maximum absolute atomic E-state index is 4.80. The highest BCUT2D eigenvalue weighted by atomic mass is 15.3. The molecule has 1 aliphatic rings. The van der Waals surface area contributed by atoms with E-state index in [1.807, 2.05) is 10.9 Å². The first-order valence-electron chi connectivity index (χ1n) is 9.39. The van der Waals surface area contributed by atoms with E-state index in [0.29, 0.717) is 5.92 Å². The zero-order chi connectivity index (χ0) is 17.8. The Kier molecular flexibility index (Phi) is 5.68. The normalized spacial score (nSPS) is 16.4. The van der Waals surface area contributed by atoms with E-state index < -0.39 is 0 Å². The third-order valence-electron chi connectivity index (χ3n) is 4.70. The summed E-state index contributed by atoms with van der Waals surface area (Å²) in [6.07, 6.45) is 5.31. The molecule has 0 atom stereocenters. The summed E-state index contributed by atoms with van der Waals surface area (Å²) in [4.78, 5) is 14.3. The monoisotopic (exact) mass is 342 g/mol. The highest BCUT2D eigenvalue weighted by Gasteiger charge is 2.18. The molecule has 0 bridgehead atoms. The lowest BCUT2D eigenvalue weighted by Crippen LogP contribution is -2.31. The van der Waals surface area contributed by atoms with Gasteiger partial charge < -0.3 is 4.90 Å². The Balaban J connectivity index is 1.65. The van der Waals surface area contributed by atoms with Crippen molar-refractivity contribution in [2.24, 2.45) is 0 Å². The molecule has 0 radical (unpaired) electrons. The van der Waals surface area contributed by atoms with Crippen LogP contribution < -0.4 is 4.90 Å². The number of aromatic nitrogens is 4. The van der Waals surface area contributed by atoms with Crippen LogP contribution in [0.4, 0.5) is 5.82 Å². The summed E-state index contributed by atoms with van der Waals surface area (Å²) in [6, 6.07) is 2.12. The lowest BCUT2D eigenvalue weighted by atomic mass is 10.2. The van der Waals surface area contributed by atoms with E-state index in [1.165, 1.54) is 5.56 Å². The topological polar surface area (TPSA) is 50.1 Å². The number of rotatable bonds is 5. The molecule has 6 heteroatoms. The van der Waals surface area contributed by atoms with E-state index >= 15 is 0 Å². The number of aryl methyl sites for hydroxylation is 2. The van der Waals surface area contributed by atoms with Crippen LogP contribution in [0.3, 0.4) is 0 Å². The molecule has 0 amide bonds. The molecule has 0 aromatic carbocycles. The van der Waals surface area contributed by atoms with Crippen LogP contribution >= 0.6 is 0 Å². The molecule has 0 N–H and O–H groups in total.